The quantitative estimate of drug-likeness (QED) is 0.101. The van der Waals surface area contributed by atoms with Gasteiger partial charge in [-0.1, -0.05) is 64.7 Å². The summed E-state index contributed by atoms with van der Waals surface area (Å²) in [7, 11) is 0. The third kappa shape index (κ3) is 15.0. The Morgan fingerprint density at radius 2 is 1.58 bits per heavy atom. The van der Waals surface area contributed by atoms with E-state index in [1.54, 1.807) is 20.8 Å². The molecular formula is C28H53N5O5. The summed E-state index contributed by atoms with van der Waals surface area (Å²) in [6.07, 6.45) is 13.4. The number of rotatable bonds is 18. The van der Waals surface area contributed by atoms with E-state index in [2.05, 4.69) is 17.2 Å². The molecule has 5 N–H and O–H groups in total. The number of hydrogen-bond donors (Lipinski definition) is 3. The number of nitrogens with zero attached hydrogens (tertiary/aromatic N) is 2. The molecule has 1 saturated heterocycles. The molecule has 0 aromatic carbocycles. The van der Waals surface area contributed by atoms with Gasteiger partial charge < -0.3 is 31.2 Å². The van der Waals surface area contributed by atoms with Gasteiger partial charge in [-0.2, -0.15) is 0 Å². The first-order chi connectivity index (χ1) is 18.0. The summed E-state index contributed by atoms with van der Waals surface area (Å²) >= 11 is 0. The summed E-state index contributed by atoms with van der Waals surface area (Å²) < 4.78 is 10.9. The van der Waals surface area contributed by atoms with Crippen LogP contribution in [0.1, 0.15) is 118 Å². The number of nitrogens with one attached hydrogen (secondary N) is 1. The van der Waals surface area contributed by atoms with Gasteiger partial charge in [0.2, 0.25) is 5.91 Å². The highest BCUT2D eigenvalue weighted by Crippen LogP contribution is 2.21. The minimum atomic E-state index is -0.852. The second-order valence-electron chi connectivity index (χ2n) is 11.2. The molecule has 0 spiro atoms. The van der Waals surface area contributed by atoms with Gasteiger partial charge in [0.1, 0.15) is 17.7 Å². The molecule has 10 heteroatoms. The lowest BCUT2D eigenvalue weighted by Gasteiger charge is -2.29. The summed E-state index contributed by atoms with van der Waals surface area (Å²) in [6, 6.07) is -1.49. The van der Waals surface area contributed by atoms with E-state index < -0.39 is 23.8 Å². The maximum Gasteiger partial charge on any atom is 0.408 e. The number of amides is 2. The highest BCUT2D eigenvalue weighted by molar-refractivity contribution is 5.90. The van der Waals surface area contributed by atoms with Crippen LogP contribution >= 0.6 is 0 Å². The smallest absolute Gasteiger partial charge is 0.408 e. The van der Waals surface area contributed by atoms with E-state index in [1.807, 2.05) is 0 Å². The predicted molar refractivity (Wildman–Crippen MR) is 151 cm³/mol. The summed E-state index contributed by atoms with van der Waals surface area (Å²) in [5.41, 5.74) is 10.1. The molecule has 2 amide bonds. The molecule has 0 unspecified atom stereocenters. The van der Waals surface area contributed by atoms with Crippen LogP contribution in [0, 0.1) is 0 Å². The molecule has 0 saturated carbocycles. The lowest BCUT2D eigenvalue weighted by atomic mass is 10.1. The van der Waals surface area contributed by atoms with Crippen molar-refractivity contribution in [1.29, 1.82) is 0 Å². The van der Waals surface area contributed by atoms with Gasteiger partial charge >= 0.3 is 12.1 Å². The Hall–Kier alpha value is -2.52. The average Bonchev–Trinajstić information content (AvgIpc) is 3.32. The molecule has 220 valence electrons. The molecule has 0 aromatic rings. The molecule has 0 radical (unpaired) electrons. The highest BCUT2D eigenvalue weighted by atomic mass is 16.6. The predicted octanol–water partition coefficient (Wildman–Crippen LogP) is 4.39. The fourth-order valence-corrected chi connectivity index (χ4v) is 4.54. The van der Waals surface area contributed by atoms with Gasteiger partial charge in [0.05, 0.1) is 6.61 Å². The second kappa shape index (κ2) is 18.7. The molecular weight excluding hydrogens is 486 g/mol. The van der Waals surface area contributed by atoms with Crippen molar-refractivity contribution in [2.24, 2.45) is 16.5 Å². The van der Waals surface area contributed by atoms with E-state index >= 15 is 0 Å². The van der Waals surface area contributed by atoms with Gasteiger partial charge in [-0.3, -0.25) is 9.79 Å². The minimum Gasteiger partial charge on any atom is -0.464 e. The number of ether oxygens (including phenoxy) is 2. The van der Waals surface area contributed by atoms with Crippen molar-refractivity contribution in [3.05, 3.63) is 0 Å². The lowest BCUT2D eigenvalue weighted by Crippen LogP contribution is -2.52. The molecule has 2 atom stereocenters. The molecule has 1 aliphatic rings. The van der Waals surface area contributed by atoms with Crippen LogP contribution in [0.15, 0.2) is 4.99 Å². The molecule has 38 heavy (non-hydrogen) atoms. The van der Waals surface area contributed by atoms with Crippen molar-refractivity contribution in [2.45, 2.75) is 135 Å². The number of esters is 1. The zero-order valence-corrected chi connectivity index (χ0v) is 24.3. The molecule has 10 nitrogen and oxygen atoms in total. The molecule has 1 fully saturated rings. The zero-order chi connectivity index (χ0) is 28.4. The van der Waals surface area contributed by atoms with Crippen LogP contribution in [-0.4, -0.2) is 66.2 Å². The number of nitrogens with two attached hydrogens (primary N) is 2. The van der Waals surface area contributed by atoms with Crippen LogP contribution in [0.3, 0.4) is 0 Å². The maximum atomic E-state index is 13.4. The molecule has 0 aliphatic carbocycles. The third-order valence-corrected chi connectivity index (χ3v) is 6.48. The van der Waals surface area contributed by atoms with Gasteiger partial charge in [0.15, 0.2) is 5.96 Å². The van der Waals surface area contributed by atoms with Crippen molar-refractivity contribution in [3.63, 3.8) is 0 Å². The Kier molecular flexibility index (Phi) is 16.5. The molecule has 0 bridgehead atoms. The molecule has 1 heterocycles. The number of aliphatic imine (C=N–C) groups is 1. The Morgan fingerprint density at radius 1 is 0.974 bits per heavy atom. The van der Waals surface area contributed by atoms with Crippen molar-refractivity contribution in [1.82, 2.24) is 10.2 Å². The number of carbonyl (C=O) groups is 3. The number of unbranched alkanes of at least 4 members (excludes halogenated alkanes) is 9. The Bertz CT molecular complexity index is 734. The van der Waals surface area contributed by atoms with Crippen LogP contribution < -0.4 is 16.8 Å². The van der Waals surface area contributed by atoms with E-state index in [9.17, 15) is 14.4 Å². The van der Waals surface area contributed by atoms with Crippen molar-refractivity contribution in [3.8, 4) is 0 Å². The summed E-state index contributed by atoms with van der Waals surface area (Å²) in [5.74, 6) is -0.722. The van der Waals surface area contributed by atoms with Crippen molar-refractivity contribution < 1.29 is 23.9 Å². The van der Waals surface area contributed by atoms with Gasteiger partial charge in [0, 0.05) is 13.1 Å². The zero-order valence-electron chi connectivity index (χ0n) is 24.3. The van der Waals surface area contributed by atoms with E-state index in [4.69, 9.17) is 20.9 Å². The van der Waals surface area contributed by atoms with Crippen LogP contribution in [0.5, 0.6) is 0 Å². The second-order valence-corrected chi connectivity index (χ2v) is 11.2. The first kappa shape index (κ1) is 33.5. The fraction of sp³-hybridized carbons (Fsp3) is 0.857. The third-order valence-electron chi connectivity index (χ3n) is 6.48. The highest BCUT2D eigenvalue weighted by Gasteiger charge is 2.38. The van der Waals surface area contributed by atoms with Gasteiger partial charge in [-0.15, -0.1) is 0 Å². The number of carbonyl (C=O) groups excluding carboxylic acids is 3. The van der Waals surface area contributed by atoms with Crippen LogP contribution in [0.4, 0.5) is 4.79 Å². The first-order valence-electron chi connectivity index (χ1n) is 14.6. The number of alkyl carbamates (subject to hydrolysis) is 1. The monoisotopic (exact) mass is 539 g/mol. The van der Waals surface area contributed by atoms with Gasteiger partial charge in [-0.05, 0) is 52.9 Å². The van der Waals surface area contributed by atoms with Crippen molar-refractivity contribution >= 4 is 23.9 Å². The van der Waals surface area contributed by atoms with Crippen LogP contribution in [0.25, 0.3) is 0 Å². The van der Waals surface area contributed by atoms with E-state index in [1.165, 1.54) is 49.8 Å². The van der Waals surface area contributed by atoms with Gasteiger partial charge in [0.25, 0.3) is 0 Å². The van der Waals surface area contributed by atoms with E-state index in [-0.39, 0.29) is 17.8 Å². The Morgan fingerprint density at radius 3 is 2.16 bits per heavy atom. The first-order valence-corrected chi connectivity index (χ1v) is 14.6. The summed E-state index contributed by atoms with van der Waals surface area (Å²) in [6.45, 7) is 8.63. The Balaban J connectivity index is 2.53. The van der Waals surface area contributed by atoms with E-state index in [0.29, 0.717) is 45.4 Å². The normalized spacial score (nSPS) is 16.1. The SMILES string of the molecule is CCCCCCCCCCCCOC(=O)[C@H]1CCCN1C(=O)[C@H](CCCN=C(N)N)NC(=O)OC(C)(C)C. The largest absolute Gasteiger partial charge is 0.464 e. The molecule has 0 aromatic heterocycles. The summed E-state index contributed by atoms with van der Waals surface area (Å²) in [4.78, 5) is 44.1. The lowest BCUT2D eigenvalue weighted by molar-refractivity contribution is -0.154. The Labute approximate surface area is 229 Å². The van der Waals surface area contributed by atoms with Gasteiger partial charge in [-0.25, -0.2) is 9.59 Å². The van der Waals surface area contributed by atoms with Crippen molar-refractivity contribution in [2.75, 3.05) is 19.7 Å². The summed E-state index contributed by atoms with van der Waals surface area (Å²) in [5, 5.41) is 2.67. The fourth-order valence-electron chi connectivity index (χ4n) is 4.54. The number of guanidine groups is 1. The average molecular weight is 540 g/mol. The topological polar surface area (TPSA) is 149 Å². The minimum absolute atomic E-state index is 0.0299. The number of hydrogen-bond acceptors (Lipinski definition) is 6. The molecule has 1 rings (SSSR count). The molecule has 1 aliphatic heterocycles. The van der Waals surface area contributed by atoms with Crippen LogP contribution in [0.2, 0.25) is 0 Å². The number of likely N-dealkylation sites (tertiary alicyclic amines) is 1. The standard InChI is InChI=1S/C28H53N5O5/c1-5-6-7-8-9-10-11-12-13-14-21-37-25(35)23-18-16-20-33(23)24(34)22(17-15-19-31-26(29)30)32-27(36)38-28(2,3)4/h22-23H,5-21H2,1-4H3,(H,32,36)(H4,29,30,31)/t22-,23+/m0/s1. The maximum absolute atomic E-state index is 13.4. The van der Waals surface area contributed by atoms with Crippen LogP contribution in [-0.2, 0) is 19.1 Å². The van der Waals surface area contributed by atoms with E-state index in [0.717, 1.165) is 19.3 Å².